The molecule has 0 radical (unpaired) electrons. The van der Waals surface area contributed by atoms with E-state index in [9.17, 15) is 9.59 Å². The third kappa shape index (κ3) is 3.73. The summed E-state index contributed by atoms with van der Waals surface area (Å²) >= 11 is 0. The van der Waals surface area contributed by atoms with Gasteiger partial charge in [0.05, 0.1) is 25.6 Å². The van der Waals surface area contributed by atoms with Crippen molar-refractivity contribution in [3.63, 3.8) is 0 Å². The SMILES string of the molecule is O=C1c2ccccc2[C@@H](C=NCCC[NH+]2CCCC2)C(=O)N1c1ccccn1. The van der Waals surface area contributed by atoms with Crippen molar-refractivity contribution in [3.05, 3.63) is 59.8 Å². The smallest absolute Gasteiger partial charge is 0.266 e. The van der Waals surface area contributed by atoms with Gasteiger partial charge in [-0.25, -0.2) is 9.88 Å². The molecule has 2 amide bonds. The zero-order valence-electron chi connectivity index (χ0n) is 15.9. The van der Waals surface area contributed by atoms with Gasteiger partial charge in [0.25, 0.3) is 5.91 Å². The number of quaternary nitrogens is 1. The Hall–Kier alpha value is -2.86. The van der Waals surface area contributed by atoms with Crippen LogP contribution >= 0.6 is 0 Å². The average molecular weight is 377 g/mol. The number of hydrogen-bond donors (Lipinski definition) is 1. The van der Waals surface area contributed by atoms with Crippen molar-refractivity contribution in [2.24, 2.45) is 4.99 Å². The maximum absolute atomic E-state index is 13.1. The second-order valence-electron chi connectivity index (χ2n) is 7.35. The van der Waals surface area contributed by atoms with Gasteiger partial charge in [-0.15, -0.1) is 0 Å². The van der Waals surface area contributed by atoms with Gasteiger partial charge < -0.3 is 4.90 Å². The number of carbonyl (C=O) groups excluding carboxylic acids is 2. The van der Waals surface area contributed by atoms with Crippen LogP contribution in [-0.4, -0.2) is 49.2 Å². The van der Waals surface area contributed by atoms with Gasteiger partial charge in [0.1, 0.15) is 5.82 Å². The molecule has 6 heteroatoms. The molecule has 2 aliphatic heterocycles. The van der Waals surface area contributed by atoms with Gasteiger partial charge >= 0.3 is 0 Å². The van der Waals surface area contributed by atoms with Crippen molar-refractivity contribution < 1.29 is 14.5 Å². The number of hydrogen-bond acceptors (Lipinski definition) is 4. The predicted octanol–water partition coefficient (Wildman–Crippen LogP) is 1.49. The summed E-state index contributed by atoms with van der Waals surface area (Å²) in [5.41, 5.74) is 1.25. The van der Waals surface area contributed by atoms with E-state index < -0.39 is 5.92 Å². The highest BCUT2D eigenvalue weighted by atomic mass is 16.2. The number of pyridine rings is 1. The van der Waals surface area contributed by atoms with Crippen LogP contribution in [0, 0.1) is 0 Å². The normalized spacial score (nSPS) is 20.1. The summed E-state index contributed by atoms with van der Waals surface area (Å²) < 4.78 is 0. The van der Waals surface area contributed by atoms with Gasteiger partial charge in [-0.2, -0.15) is 0 Å². The molecule has 28 heavy (non-hydrogen) atoms. The molecule has 0 aliphatic carbocycles. The first-order chi connectivity index (χ1) is 13.8. The fourth-order valence-corrected chi connectivity index (χ4v) is 4.03. The van der Waals surface area contributed by atoms with Crippen molar-refractivity contribution >= 4 is 23.8 Å². The number of rotatable bonds is 6. The summed E-state index contributed by atoms with van der Waals surface area (Å²) in [4.78, 5) is 37.6. The van der Waals surface area contributed by atoms with Crippen molar-refractivity contribution in [2.75, 3.05) is 31.1 Å². The molecule has 1 N–H and O–H groups in total. The largest absolute Gasteiger partial charge is 0.335 e. The first-order valence-corrected chi connectivity index (χ1v) is 9.97. The van der Waals surface area contributed by atoms with Gasteiger partial charge in [-0.1, -0.05) is 24.3 Å². The molecule has 0 spiro atoms. The number of anilines is 1. The highest BCUT2D eigenvalue weighted by Crippen LogP contribution is 2.30. The summed E-state index contributed by atoms with van der Waals surface area (Å²) in [6.07, 6.45) is 6.95. The van der Waals surface area contributed by atoms with E-state index in [1.807, 2.05) is 18.2 Å². The molecule has 0 saturated carbocycles. The molecule has 1 aromatic carbocycles. The van der Waals surface area contributed by atoms with Crippen molar-refractivity contribution in [1.82, 2.24) is 4.98 Å². The van der Waals surface area contributed by atoms with Crippen molar-refractivity contribution in [3.8, 4) is 0 Å². The molecule has 3 heterocycles. The maximum atomic E-state index is 13.1. The van der Waals surface area contributed by atoms with Gasteiger partial charge in [0.2, 0.25) is 5.91 Å². The van der Waals surface area contributed by atoms with Crippen LogP contribution in [0.4, 0.5) is 5.82 Å². The van der Waals surface area contributed by atoms with E-state index >= 15 is 0 Å². The third-order valence-corrected chi connectivity index (χ3v) is 5.48. The number of carbonyl (C=O) groups is 2. The minimum absolute atomic E-state index is 0.295. The summed E-state index contributed by atoms with van der Waals surface area (Å²) in [6.45, 7) is 4.36. The lowest BCUT2D eigenvalue weighted by Crippen LogP contribution is -3.10. The van der Waals surface area contributed by atoms with Crippen LogP contribution in [0.3, 0.4) is 0 Å². The monoisotopic (exact) mass is 377 g/mol. The maximum Gasteiger partial charge on any atom is 0.266 e. The third-order valence-electron chi connectivity index (χ3n) is 5.48. The number of imide groups is 1. The molecular weight excluding hydrogens is 352 g/mol. The van der Waals surface area contributed by atoms with Crippen LogP contribution in [0.5, 0.6) is 0 Å². The topological polar surface area (TPSA) is 67.1 Å². The average Bonchev–Trinajstić information content (AvgIpc) is 3.24. The highest BCUT2D eigenvalue weighted by molar-refractivity contribution is 6.28. The van der Waals surface area contributed by atoms with E-state index in [-0.39, 0.29) is 11.8 Å². The fraction of sp³-hybridized carbons (Fsp3) is 0.364. The number of fused-ring (bicyclic) bond motifs is 1. The first kappa shape index (κ1) is 18.5. The molecule has 1 aromatic heterocycles. The molecule has 6 nitrogen and oxygen atoms in total. The van der Waals surface area contributed by atoms with Crippen molar-refractivity contribution in [2.45, 2.75) is 25.2 Å². The number of amides is 2. The molecule has 2 aromatic rings. The van der Waals surface area contributed by atoms with Gasteiger partial charge in [0, 0.05) is 43.8 Å². The summed E-state index contributed by atoms with van der Waals surface area (Å²) in [5.74, 6) is -0.837. The molecule has 0 unspecified atom stereocenters. The Morgan fingerprint density at radius 3 is 2.68 bits per heavy atom. The number of nitrogens with zero attached hydrogens (tertiary/aromatic N) is 3. The zero-order valence-corrected chi connectivity index (χ0v) is 15.9. The molecule has 144 valence electrons. The predicted molar refractivity (Wildman–Crippen MR) is 108 cm³/mol. The van der Waals surface area contributed by atoms with E-state index in [0.29, 0.717) is 17.9 Å². The van der Waals surface area contributed by atoms with Crippen molar-refractivity contribution in [1.29, 1.82) is 0 Å². The lowest BCUT2D eigenvalue weighted by Gasteiger charge is -2.30. The summed E-state index contributed by atoms with van der Waals surface area (Å²) in [7, 11) is 0. The van der Waals surface area contributed by atoms with Crippen LogP contribution in [0.25, 0.3) is 0 Å². The van der Waals surface area contributed by atoms with Gasteiger partial charge in [-0.3, -0.25) is 14.6 Å². The quantitative estimate of drug-likeness (QED) is 0.471. The molecular formula is C22H25N4O2+. The Balaban J connectivity index is 1.53. The molecule has 2 aliphatic rings. The number of aromatic nitrogens is 1. The van der Waals surface area contributed by atoms with E-state index in [1.165, 1.54) is 30.8 Å². The van der Waals surface area contributed by atoms with Crippen LogP contribution in [0.2, 0.25) is 0 Å². The Kier molecular flexibility index (Phi) is 5.58. The Morgan fingerprint density at radius 1 is 1.11 bits per heavy atom. The van der Waals surface area contributed by atoms with E-state index in [4.69, 9.17) is 0 Å². The minimum atomic E-state index is -0.560. The van der Waals surface area contributed by atoms with Gasteiger partial charge in [0.15, 0.2) is 0 Å². The standard InChI is InChI=1S/C22H24N4O2/c27-21-18-9-2-1-8-17(18)19(16-23-11-7-15-25-13-5-6-14-25)22(28)26(21)20-10-3-4-12-24-20/h1-4,8-10,12,16,19H,5-7,11,13-15H2/p+1/t19-/m1/s1. The van der Waals surface area contributed by atoms with E-state index in [0.717, 1.165) is 18.5 Å². The molecule has 4 rings (SSSR count). The molecule has 1 fully saturated rings. The van der Waals surface area contributed by atoms with Crippen LogP contribution in [0.1, 0.15) is 41.1 Å². The highest BCUT2D eigenvalue weighted by Gasteiger charge is 2.39. The van der Waals surface area contributed by atoms with E-state index in [2.05, 4.69) is 9.98 Å². The molecule has 1 saturated heterocycles. The number of aliphatic imine (C=N–C) groups is 1. The summed E-state index contributed by atoms with van der Waals surface area (Å²) in [6, 6.07) is 12.5. The lowest BCUT2D eigenvalue weighted by atomic mass is 9.89. The Labute approximate surface area is 164 Å². The number of likely N-dealkylation sites (tertiary alicyclic amines) is 1. The minimum Gasteiger partial charge on any atom is -0.335 e. The van der Waals surface area contributed by atoms with E-state index in [1.54, 1.807) is 41.6 Å². The van der Waals surface area contributed by atoms with Gasteiger partial charge in [-0.05, 0) is 23.8 Å². The Morgan fingerprint density at radius 2 is 1.89 bits per heavy atom. The summed E-state index contributed by atoms with van der Waals surface area (Å²) in [5, 5.41) is 0. The fourth-order valence-electron chi connectivity index (χ4n) is 4.03. The van der Waals surface area contributed by atoms with Crippen LogP contribution in [0.15, 0.2) is 53.7 Å². The van der Waals surface area contributed by atoms with Crippen LogP contribution < -0.4 is 9.80 Å². The second-order valence-corrected chi connectivity index (χ2v) is 7.35. The first-order valence-electron chi connectivity index (χ1n) is 9.97. The lowest BCUT2D eigenvalue weighted by molar-refractivity contribution is -0.887. The second kappa shape index (κ2) is 8.44. The van der Waals surface area contributed by atoms with Crippen LogP contribution in [-0.2, 0) is 4.79 Å². The molecule has 0 bridgehead atoms. The number of benzene rings is 1. The number of nitrogens with one attached hydrogen (secondary N) is 1. The molecule has 1 atom stereocenters. The Bertz CT molecular complexity index is 875. The zero-order chi connectivity index (χ0) is 19.3.